The summed E-state index contributed by atoms with van der Waals surface area (Å²) < 4.78 is 6.05. The Morgan fingerprint density at radius 3 is 2.68 bits per heavy atom. The molecule has 31 heavy (non-hydrogen) atoms. The topological polar surface area (TPSA) is 112 Å². The fourth-order valence-electron chi connectivity index (χ4n) is 7.57. The van der Waals surface area contributed by atoms with Crippen LogP contribution in [0, 0.1) is 28.6 Å². The van der Waals surface area contributed by atoms with Crippen molar-refractivity contribution in [2.24, 2.45) is 38.9 Å². The third-order valence-electron chi connectivity index (χ3n) is 9.05. The Labute approximate surface area is 183 Å². The van der Waals surface area contributed by atoms with Crippen LogP contribution in [0.25, 0.3) is 0 Å². The van der Waals surface area contributed by atoms with Crippen LogP contribution in [0.2, 0.25) is 0 Å². The Balaban J connectivity index is 1.76. The molecule has 0 bridgehead atoms. The lowest BCUT2D eigenvalue weighted by Crippen LogP contribution is -2.62. The molecular formula is C24H34N2O5. The van der Waals surface area contributed by atoms with Crippen molar-refractivity contribution in [3.8, 4) is 0 Å². The lowest BCUT2D eigenvalue weighted by atomic mass is 9.46. The number of allylic oxidation sites excluding steroid dienone is 4. The number of carbonyl (C=O) groups is 1. The lowest BCUT2D eigenvalue weighted by Gasteiger charge is -2.60. The second-order valence-electron chi connectivity index (χ2n) is 10.2. The number of carbonyl (C=O) groups excluding carboxylic acids is 1. The molecule has 3 saturated carbocycles. The van der Waals surface area contributed by atoms with Crippen molar-refractivity contribution in [2.75, 3.05) is 0 Å². The summed E-state index contributed by atoms with van der Waals surface area (Å²) in [7, 11) is 0. The highest BCUT2D eigenvalue weighted by molar-refractivity contribution is 6.05. The van der Waals surface area contributed by atoms with Crippen molar-refractivity contribution < 1.29 is 25.1 Å². The van der Waals surface area contributed by atoms with Crippen molar-refractivity contribution in [3.05, 3.63) is 23.8 Å². The third-order valence-corrected chi connectivity index (χ3v) is 9.05. The molecule has 7 atom stereocenters. The maximum atomic E-state index is 12.4. The first-order chi connectivity index (χ1) is 14.7. The Morgan fingerprint density at radius 2 is 2.03 bits per heavy atom. The molecule has 0 aliphatic heterocycles. The van der Waals surface area contributed by atoms with Crippen LogP contribution in [0.4, 0.5) is 0 Å². The van der Waals surface area contributed by atoms with Gasteiger partial charge in [-0.05, 0) is 63.0 Å². The van der Waals surface area contributed by atoms with Gasteiger partial charge in [0.15, 0.2) is 5.60 Å². The monoisotopic (exact) mass is 430 g/mol. The van der Waals surface area contributed by atoms with Crippen LogP contribution in [0.3, 0.4) is 0 Å². The Bertz CT molecular complexity index is 892. The molecule has 0 aromatic heterocycles. The van der Waals surface area contributed by atoms with Crippen LogP contribution < -0.4 is 0 Å². The van der Waals surface area contributed by atoms with E-state index in [1.807, 2.05) is 12.2 Å². The molecule has 0 amide bonds. The molecule has 7 nitrogen and oxygen atoms in total. The third kappa shape index (κ3) is 2.92. The zero-order chi connectivity index (χ0) is 22.6. The fourth-order valence-corrected chi connectivity index (χ4v) is 7.57. The van der Waals surface area contributed by atoms with E-state index in [-0.39, 0.29) is 35.6 Å². The molecule has 0 aromatic carbocycles. The summed E-state index contributed by atoms with van der Waals surface area (Å²) >= 11 is 0. The highest BCUT2D eigenvalue weighted by Crippen LogP contribution is 2.68. The summed E-state index contributed by atoms with van der Waals surface area (Å²) in [5.41, 5.74) is 0.338. The minimum atomic E-state index is -0.998. The molecular weight excluding hydrogens is 396 g/mol. The van der Waals surface area contributed by atoms with Crippen LogP contribution in [0.15, 0.2) is 34.1 Å². The van der Waals surface area contributed by atoms with E-state index in [1.54, 1.807) is 13.8 Å². The molecule has 7 heteroatoms. The molecule has 0 spiro atoms. The van der Waals surface area contributed by atoms with Gasteiger partial charge in [0, 0.05) is 23.2 Å². The van der Waals surface area contributed by atoms with E-state index in [1.165, 1.54) is 5.57 Å². The molecule has 4 aliphatic carbocycles. The fraction of sp³-hybridized carbons (Fsp3) is 0.708. The van der Waals surface area contributed by atoms with Gasteiger partial charge < -0.3 is 20.3 Å². The molecule has 3 fully saturated rings. The number of oxime groups is 2. The SMILES string of the molecule is CCC(=O)O[C@]1(/C(C)=N/O)CC[C@H]2[C@@H]3CCC4=CC(=NO)C=C[C@]4(C)[C@H]3[C@@H](O)C[C@@]21C. The van der Waals surface area contributed by atoms with Crippen LogP contribution in [0.1, 0.15) is 66.2 Å². The number of hydrogen-bond donors (Lipinski definition) is 3. The van der Waals surface area contributed by atoms with Gasteiger partial charge in [0.05, 0.1) is 11.8 Å². The highest BCUT2D eigenvalue weighted by Gasteiger charge is 2.69. The molecule has 0 radical (unpaired) electrons. The molecule has 4 aliphatic rings. The number of ether oxygens (including phenoxy) is 1. The highest BCUT2D eigenvalue weighted by atomic mass is 16.6. The van der Waals surface area contributed by atoms with E-state index in [0.717, 1.165) is 19.3 Å². The summed E-state index contributed by atoms with van der Waals surface area (Å²) in [5.74, 6) is 0.211. The van der Waals surface area contributed by atoms with Gasteiger partial charge in [0.2, 0.25) is 0 Å². The van der Waals surface area contributed by atoms with E-state index in [4.69, 9.17) is 4.74 Å². The van der Waals surface area contributed by atoms with Crippen LogP contribution in [0.5, 0.6) is 0 Å². The van der Waals surface area contributed by atoms with Gasteiger partial charge >= 0.3 is 5.97 Å². The van der Waals surface area contributed by atoms with Crippen molar-refractivity contribution in [2.45, 2.75) is 77.9 Å². The predicted octanol–water partition coefficient (Wildman–Crippen LogP) is 4.07. The number of rotatable bonds is 3. The van der Waals surface area contributed by atoms with Gasteiger partial charge in [-0.25, -0.2) is 0 Å². The van der Waals surface area contributed by atoms with Crippen LogP contribution in [-0.2, 0) is 9.53 Å². The van der Waals surface area contributed by atoms with E-state index in [2.05, 4.69) is 30.2 Å². The molecule has 170 valence electrons. The summed E-state index contributed by atoms with van der Waals surface area (Å²) in [6.07, 6.45) is 9.23. The molecule has 0 unspecified atom stereocenters. The van der Waals surface area contributed by atoms with Crippen LogP contribution in [-0.4, -0.2) is 44.6 Å². The molecule has 4 rings (SSSR count). The van der Waals surface area contributed by atoms with Crippen molar-refractivity contribution in [3.63, 3.8) is 0 Å². The second kappa shape index (κ2) is 7.47. The number of aliphatic hydroxyl groups is 1. The van der Waals surface area contributed by atoms with E-state index in [0.29, 0.717) is 24.3 Å². The van der Waals surface area contributed by atoms with Crippen molar-refractivity contribution in [1.82, 2.24) is 0 Å². The van der Waals surface area contributed by atoms with E-state index in [9.17, 15) is 20.3 Å². The van der Waals surface area contributed by atoms with Gasteiger partial charge in [-0.15, -0.1) is 0 Å². The number of hydrogen-bond acceptors (Lipinski definition) is 7. The summed E-state index contributed by atoms with van der Waals surface area (Å²) in [4.78, 5) is 12.4. The van der Waals surface area contributed by atoms with Gasteiger partial charge in [-0.2, -0.15) is 0 Å². The minimum Gasteiger partial charge on any atom is -0.452 e. The van der Waals surface area contributed by atoms with E-state index < -0.39 is 17.1 Å². The first-order valence-electron chi connectivity index (χ1n) is 11.4. The quantitative estimate of drug-likeness (QED) is 0.270. The number of esters is 1. The summed E-state index contributed by atoms with van der Waals surface area (Å²) in [6, 6.07) is 0. The molecule has 0 aromatic rings. The predicted molar refractivity (Wildman–Crippen MR) is 116 cm³/mol. The van der Waals surface area contributed by atoms with E-state index >= 15 is 0 Å². The average molecular weight is 431 g/mol. The lowest BCUT2D eigenvalue weighted by molar-refractivity contribution is -0.179. The smallest absolute Gasteiger partial charge is 0.306 e. The molecule has 0 saturated heterocycles. The van der Waals surface area contributed by atoms with Gasteiger partial charge in [-0.3, -0.25) is 4.79 Å². The minimum absolute atomic E-state index is 0.0334. The Hall–Kier alpha value is -2.15. The molecule has 3 N–H and O–H groups in total. The maximum absolute atomic E-state index is 12.4. The second-order valence-corrected chi connectivity index (χ2v) is 10.2. The first kappa shape index (κ1) is 22.1. The zero-order valence-corrected chi connectivity index (χ0v) is 18.8. The standard InChI is InChI=1S/C24H34N2O5/c1-5-20(28)31-24(14(2)25-29)11-9-18-17-7-6-15-12-16(26-30)8-10-22(15,3)21(17)19(27)13-23(18,24)4/h8,10,12,17-19,21,27,29-30H,5-7,9,11,13H2,1-4H3/b25-14+,26-16?/t17-,18-,19-,21+,22-,23-,24-/m0/s1. The number of aliphatic hydroxyl groups excluding tert-OH is 1. The first-order valence-corrected chi connectivity index (χ1v) is 11.4. The summed E-state index contributed by atoms with van der Waals surface area (Å²) in [5, 5.41) is 37.3. The van der Waals surface area contributed by atoms with Gasteiger partial charge in [0.1, 0.15) is 5.71 Å². The normalized spacial score (nSPS) is 45.5. The number of fused-ring (bicyclic) bond motifs is 5. The zero-order valence-electron chi connectivity index (χ0n) is 18.8. The average Bonchev–Trinajstić information content (AvgIpc) is 3.04. The Morgan fingerprint density at radius 1 is 1.29 bits per heavy atom. The van der Waals surface area contributed by atoms with Gasteiger partial charge in [0.25, 0.3) is 0 Å². The number of nitrogens with zero attached hydrogens (tertiary/aromatic N) is 2. The largest absolute Gasteiger partial charge is 0.452 e. The van der Waals surface area contributed by atoms with Gasteiger partial charge in [-0.1, -0.05) is 42.7 Å². The molecule has 0 heterocycles. The van der Waals surface area contributed by atoms with Crippen LogP contribution >= 0.6 is 0 Å². The maximum Gasteiger partial charge on any atom is 0.306 e. The van der Waals surface area contributed by atoms with Crippen molar-refractivity contribution in [1.29, 1.82) is 0 Å². The summed E-state index contributed by atoms with van der Waals surface area (Å²) in [6.45, 7) is 7.75. The Kier molecular flexibility index (Phi) is 5.31. The van der Waals surface area contributed by atoms with Crippen molar-refractivity contribution >= 4 is 17.4 Å².